The summed E-state index contributed by atoms with van der Waals surface area (Å²) >= 11 is 0. The average Bonchev–Trinajstić information content (AvgIpc) is 2.37. The van der Waals surface area contributed by atoms with Crippen molar-refractivity contribution in [3.63, 3.8) is 0 Å². The Balaban J connectivity index is 0. The smallest absolute Gasteiger partial charge is 1.00 e. The number of carbonyl (C=O) groups excluding carboxylic acids is 2. The Kier molecular flexibility index (Phi) is 7.36. The Morgan fingerprint density at radius 1 is 1.32 bits per heavy atom. The van der Waals surface area contributed by atoms with Crippen LogP contribution in [0.4, 0.5) is 17.6 Å². The fourth-order valence-corrected chi connectivity index (χ4v) is 1.37. The summed E-state index contributed by atoms with van der Waals surface area (Å²) in [5, 5.41) is 9.52. The standard InChI is InChI=1S/C13H10F4O4.Li.H/c1-2-21-12(20)11(19)6-10(18)7-3-8(13(15,16)17)5-9(14)4-7;;/h3-6,18H,2H2,1H3;;/q;+1;-1. The molecular formula is C13H11F4LiO4. The molecule has 1 aromatic rings. The van der Waals surface area contributed by atoms with E-state index in [0.29, 0.717) is 18.2 Å². The molecule has 0 saturated carbocycles. The van der Waals surface area contributed by atoms with Crippen molar-refractivity contribution in [3.8, 4) is 0 Å². The monoisotopic (exact) mass is 314 g/mol. The van der Waals surface area contributed by atoms with Gasteiger partial charge in [0.1, 0.15) is 11.6 Å². The summed E-state index contributed by atoms with van der Waals surface area (Å²) in [5.74, 6) is -4.77. The van der Waals surface area contributed by atoms with Gasteiger partial charge >= 0.3 is 31.0 Å². The minimum absolute atomic E-state index is 0. The molecule has 0 amide bonds. The van der Waals surface area contributed by atoms with Gasteiger partial charge in [-0.2, -0.15) is 13.2 Å². The van der Waals surface area contributed by atoms with Gasteiger partial charge in [-0.1, -0.05) is 0 Å². The Morgan fingerprint density at radius 3 is 2.41 bits per heavy atom. The molecule has 0 fully saturated rings. The molecule has 116 valence electrons. The van der Waals surface area contributed by atoms with Crippen molar-refractivity contribution in [2.75, 3.05) is 6.61 Å². The first-order valence-corrected chi connectivity index (χ1v) is 5.65. The summed E-state index contributed by atoms with van der Waals surface area (Å²) in [6.07, 6.45) is -4.45. The minimum atomic E-state index is -4.82. The molecule has 0 spiro atoms. The number of hydrogen-bond acceptors (Lipinski definition) is 4. The topological polar surface area (TPSA) is 63.6 Å². The van der Waals surface area contributed by atoms with Gasteiger partial charge in [-0.05, 0) is 25.1 Å². The summed E-state index contributed by atoms with van der Waals surface area (Å²) in [7, 11) is 0. The predicted molar refractivity (Wildman–Crippen MR) is 64.8 cm³/mol. The second kappa shape index (κ2) is 8.01. The normalized spacial score (nSPS) is 11.6. The molecule has 22 heavy (non-hydrogen) atoms. The Labute approximate surface area is 136 Å². The van der Waals surface area contributed by atoms with Gasteiger partial charge in [-0.3, -0.25) is 4.79 Å². The van der Waals surface area contributed by atoms with Crippen molar-refractivity contribution in [1.82, 2.24) is 0 Å². The van der Waals surface area contributed by atoms with Gasteiger partial charge < -0.3 is 11.3 Å². The fraction of sp³-hybridized carbons (Fsp3) is 0.231. The molecule has 0 saturated heterocycles. The van der Waals surface area contributed by atoms with E-state index >= 15 is 0 Å². The molecule has 0 aliphatic carbocycles. The number of ketones is 1. The molecule has 0 aliphatic heterocycles. The number of esters is 1. The van der Waals surface area contributed by atoms with Crippen molar-refractivity contribution in [3.05, 3.63) is 41.2 Å². The van der Waals surface area contributed by atoms with E-state index in [9.17, 15) is 32.3 Å². The summed E-state index contributed by atoms with van der Waals surface area (Å²) in [4.78, 5) is 22.3. The number of hydrogen-bond donors (Lipinski definition) is 1. The number of halogens is 4. The molecule has 0 heterocycles. The van der Waals surface area contributed by atoms with Crippen molar-refractivity contribution >= 4 is 17.5 Å². The summed E-state index contributed by atoms with van der Waals surface area (Å²) < 4.78 is 54.9. The van der Waals surface area contributed by atoms with Crippen LogP contribution in [0.1, 0.15) is 19.5 Å². The third-order valence-electron chi connectivity index (χ3n) is 2.27. The maximum absolute atomic E-state index is 13.1. The summed E-state index contributed by atoms with van der Waals surface area (Å²) in [6.45, 7) is 1.36. The second-order valence-electron chi connectivity index (χ2n) is 3.84. The number of alkyl halides is 3. The van der Waals surface area contributed by atoms with Crippen LogP contribution in [0, 0.1) is 5.82 Å². The molecule has 0 atom stereocenters. The first-order chi connectivity index (χ1) is 9.65. The van der Waals surface area contributed by atoms with Gasteiger partial charge in [0.25, 0.3) is 5.78 Å². The Bertz CT molecular complexity index is 602. The zero-order valence-corrected chi connectivity index (χ0v) is 11.7. The van der Waals surface area contributed by atoms with Crippen LogP contribution < -0.4 is 18.9 Å². The number of aliphatic hydroxyl groups excluding tert-OH is 1. The van der Waals surface area contributed by atoms with Crippen LogP contribution in [0.2, 0.25) is 0 Å². The number of carbonyl (C=O) groups is 2. The van der Waals surface area contributed by atoms with E-state index in [1.54, 1.807) is 0 Å². The predicted octanol–water partition coefficient (Wildman–Crippen LogP) is -0.00790. The van der Waals surface area contributed by atoms with Gasteiger partial charge in [-0.15, -0.1) is 0 Å². The first-order valence-electron chi connectivity index (χ1n) is 5.65. The number of ether oxygens (including phenoxy) is 1. The fourth-order valence-electron chi connectivity index (χ4n) is 1.37. The molecule has 1 N–H and O–H groups in total. The molecule has 0 unspecified atom stereocenters. The molecule has 0 bridgehead atoms. The van der Waals surface area contributed by atoms with E-state index in [0.717, 1.165) is 0 Å². The van der Waals surface area contributed by atoms with E-state index in [4.69, 9.17) is 0 Å². The SMILES string of the molecule is CCOC(=O)C(=O)C=C(O)c1cc(F)cc(C(F)(F)F)c1.[H-].[Li+]. The van der Waals surface area contributed by atoms with Crippen LogP contribution in [-0.4, -0.2) is 23.5 Å². The van der Waals surface area contributed by atoms with E-state index in [-0.39, 0.29) is 33.0 Å². The van der Waals surface area contributed by atoms with E-state index < -0.39 is 40.6 Å². The molecule has 0 radical (unpaired) electrons. The molecule has 4 nitrogen and oxygen atoms in total. The Morgan fingerprint density at radius 2 is 1.91 bits per heavy atom. The maximum atomic E-state index is 13.1. The number of aliphatic hydroxyl groups is 1. The van der Waals surface area contributed by atoms with Gasteiger partial charge in [0.2, 0.25) is 0 Å². The Hall–Kier alpha value is -1.78. The van der Waals surface area contributed by atoms with E-state index in [1.165, 1.54) is 6.92 Å². The molecule has 0 aliphatic rings. The average molecular weight is 314 g/mol. The van der Waals surface area contributed by atoms with Crippen molar-refractivity contribution in [2.45, 2.75) is 13.1 Å². The van der Waals surface area contributed by atoms with Crippen molar-refractivity contribution < 1.29 is 57.3 Å². The molecule has 1 rings (SSSR count). The van der Waals surface area contributed by atoms with Crippen LogP contribution in [0.15, 0.2) is 24.3 Å². The molecule has 0 aromatic heterocycles. The van der Waals surface area contributed by atoms with Crippen LogP contribution >= 0.6 is 0 Å². The van der Waals surface area contributed by atoms with Crippen molar-refractivity contribution in [2.24, 2.45) is 0 Å². The van der Waals surface area contributed by atoms with Crippen LogP contribution in [0.3, 0.4) is 0 Å². The first kappa shape index (κ1) is 20.2. The van der Waals surface area contributed by atoms with Gasteiger partial charge in [-0.25, -0.2) is 9.18 Å². The van der Waals surface area contributed by atoms with Crippen LogP contribution in [0.25, 0.3) is 5.76 Å². The minimum Gasteiger partial charge on any atom is -1.00 e. The third-order valence-corrected chi connectivity index (χ3v) is 2.27. The third kappa shape index (κ3) is 5.54. The van der Waals surface area contributed by atoms with Gasteiger partial charge in [0.05, 0.1) is 12.2 Å². The van der Waals surface area contributed by atoms with Gasteiger partial charge in [0, 0.05) is 11.6 Å². The quantitative estimate of drug-likeness (QED) is 0.212. The molecular weight excluding hydrogens is 303 g/mol. The zero-order valence-electron chi connectivity index (χ0n) is 12.7. The van der Waals surface area contributed by atoms with Crippen LogP contribution in [-0.2, 0) is 20.5 Å². The largest absolute Gasteiger partial charge is 1.00 e. The van der Waals surface area contributed by atoms with E-state index in [2.05, 4.69) is 4.74 Å². The van der Waals surface area contributed by atoms with Crippen LogP contribution in [0.5, 0.6) is 0 Å². The molecule has 9 heteroatoms. The van der Waals surface area contributed by atoms with Crippen molar-refractivity contribution in [1.29, 1.82) is 0 Å². The maximum Gasteiger partial charge on any atom is 1.00 e. The second-order valence-corrected chi connectivity index (χ2v) is 3.84. The van der Waals surface area contributed by atoms with E-state index in [1.807, 2.05) is 0 Å². The summed E-state index contributed by atoms with van der Waals surface area (Å²) in [6, 6.07) is 1.29. The molecule has 1 aromatic carbocycles. The van der Waals surface area contributed by atoms with Gasteiger partial charge in [0.15, 0.2) is 0 Å². The zero-order chi connectivity index (χ0) is 16.2. The summed E-state index contributed by atoms with van der Waals surface area (Å²) in [5.41, 5.74) is -1.92. The number of rotatable bonds is 4. The number of benzene rings is 1.